The standard InChI is InChI=1S/C9H17NO2/c10-8-6-4-2-1-3-5-7(8)9(11)12/h7-8H,1-6,10H2,(H,11,12). The van der Waals surface area contributed by atoms with E-state index in [4.69, 9.17) is 10.8 Å². The van der Waals surface area contributed by atoms with E-state index in [2.05, 4.69) is 0 Å². The summed E-state index contributed by atoms with van der Waals surface area (Å²) in [5.74, 6) is -1.02. The van der Waals surface area contributed by atoms with Gasteiger partial charge in [-0.15, -0.1) is 0 Å². The Labute approximate surface area is 72.9 Å². The molecule has 3 nitrogen and oxygen atoms in total. The number of carbonyl (C=O) groups is 1. The highest BCUT2D eigenvalue weighted by atomic mass is 16.4. The largest absolute Gasteiger partial charge is 0.481 e. The first-order chi connectivity index (χ1) is 5.72. The zero-order valence-corrected chi connectivity index (χ0v) is 7.33. The second kappa shape index (κ2) is 4.45. The molecule has 0 saturated heterocycles. The molecule has 0 radical (unpaired) electrons. The molecule has 12 heavy (non-hydrogen) atoms. The van der Waals surface area contributed by atoms with Crippen molar-refractivity contribution in [1.29, 1.82) is 0 Å². The maximum atomic E-state index is 10.7. The molecule has 0 aromatic rings. The quantitative estimate of drug-likeness (QED) is 0.626. The van der Waals surface area contributed by atoms with Crippen LogP contribution in [0.15, 0.2) is 0 Å². The maximum Gasteiger partial charge on any atom is 0.308 e. The fraction of sp³-hybridized carbons (Fsp3) is 0.889. The molecule has 1 saturated carbocycles. The summed E-state index contributed by atoms with van der Waals surface area (Å²) in [4.78, 5) is 10.7. The first-order valence-electron chi connectivity index (χ1n) is 4.70. The van der Waals surface area contributed by atoms with Gasteiger partial charge in [-0.1, -0.05) is 25.7 Å². The number of hydrogen-bond acceptors (Lipinski definition) is 2. The van der Waals surface area contributed by atoms with Crippen molar-refractivity contribution in [2.75, 3.05) is 0 Å². The highest BCUT2D eigenvalue weighted by molar-refractivity contribution is 5.70. The molecule has 1 aliphatic carbocycles. The third-order valence-electron chi connectivity index (χ3n) is 2.64. The van der Waals surface area contributed by atoms with Crippen LogP contribution < -0.4 is 5.73 Å². The number of carboxylic acid groups (broad SMARTS) is 1. The zero-order chi connectivity index (χ0) is 8.97. The lowest BCUT2D eigenvalue weighted by atomic mass is 9.87. The van der Waals surface area contributed by atoms with E-state index in [1.807, 2.05) is 0 Å². The molecule has 1 fully saturated rings. The van der Waals surface area contributed by atoms with Crippen LogP contribution in [0, 0.1) is 5.92 Å². The highest BCUT2D eigenvalue weighted by Crippen LogP contribution is 2.21. The first kappa shape index (κ1) is 9.52. The van der Waals surface area contributed by atoms with Crippen LogP contribution in [0.5, 0.6) is 0 Å². The van der Waals surface area contributed by atoms with Crippen LogP contribution in [-0.4, -0.2) is 17.1 Å². The lowest BCUT2D eigenvalue weighted by molar-refractivity contribution is -0.142. The minimum atomic E-state index is -0.718. The molecule has 1 rings (SSSR count). The van der Waals surface area contributed by atoms with E-state index in [1.54, 1.807) is 0 Å². The van der Waals surface area contributed by atoms with Crippen LogP contribution in [-0.2, 0) is 4.79 Å². The smallest absolute Gasteiger partial charge is 0.308 e. The maximum absolute atomic E-state index is 10.7. The van der Waals surface area contributed by atoms with Crippen LogP contribution in [0.2, 0.25) is 0 Å². The minimum Gasteiger partial charge on any atom is -0.481 e. The van der Waals surface area contributed by atoms with Crippen molar-refractivity contribution in [2.45, 2.75) is 44.6 Å². The third-order valence-corrected chi connectivity index (χ3v) is 2.64. The van der Waals surface area contributed by atoms with Gasteiger partial charge in [0, 0.05) is 6.04 Å². The molecule has 0 spiro atoms. The number of aliphatic carboxylic acids is 1. The fourth-order valence-electron chi connectivity index (χ4n) is 1.82. The van der Waals surface area contributed by atoms with Crippen LogP contribution in [0.1, 0.15) is 38.5 Å². The molecule has 0 amide bonds. The number of hydrogen-bond donors (Lipinski definition) is 2. The number of nitrogens with two attached hydrogens (primary N) is 1. The molecule has 0 aliphatic heterocycles. The Kier molecular flexibility index (Phi) is 3.53. The molecule has 2 unspecified atom stereocenters. The van der Waals surface area contributed by atoms with Gasteiger partial charge in [-0.3, -0.25) is 4.79 Å². The van der Waals surface area contributed by atoms with Gasteiger partial charge in [0.05, 0.1) is 5.92 Å². The average Bonchev–Trinajstić information content (AvgIpc) is 1.96. The molecular formula is C9H17NO2. The summed E-state index contributed by atoms with van der Waals surface area (Å²) in [6.45, 7) is 0. The average molecular weight is 171 g/mol. The molecule has 3 heteroatoms. The van der Waals surface area contributed by atoms with E-state index >= 15 is 0 Å². The summed E-state index contributed by atoms with van der Waals surface area (Å²) < 4.78 is 0. The summed E-state index contributed by atoms with van der Waals surface area (Å²) in [5, 5.41) is 8.85. The van der Waals surface area contributed by atoms with E-state index in [0.29, 0.717) is 0 Å². The van der Waals surface area contributed by atoms with Gasteiger partial charge < -0.3 is 10.8 Å². The summed E-state index contributed by atoms with van der Waals surface area (Å²) in [6.07, 6.45) is 6.11. The molecule has 3 N–H and O–H groups in total. The van der Waals surface area contributed by atoms with E-state index < -0.39 is 5.97 Å². The predicted molar refractivity (Wildman–Crippen MR) is 46.8 cm³/mol. The summed E-state index contributed by atoms with van der Waals surface area (Å²) in [6, 6.07) is -0.122. The lowest BCUT2D eigenvalue weighted by Crippen LogP contribution is -2.36. The second-order valence-electron chi connectivity index (χ2n) is 3.60. The predicted octanol–water partition coefficient (Wildman–Crippen LogP) is 1.37. The van der Waals surface area contributed by atoms with Gasteiger partial charge in [0.25, 0.3) is 0 Å². The topological polar surface area (TPSA) is 63.3 Å². The lowest BCUT2D eigenvalue weighted by Gasteiger charge is -2.22. The van der Waals surface area contributed by atoms with Gasteiger partial charge in [-0.2, -0.15) is 0 Å². The van der Waals surface area contributed by atoms with Crippen molar-refractivity contribution in [3.05, 3.63) is 0 Å². The third kappa shape index (κ3) is 2.48. The Balaban J connectivity index is 2.48. The number of carboxylic acids is 1. The second-order valence-corrected chi connectivity index (χ2v) is 3.60. The van der Waals surface area contributed by atoms with Crippen LogP contribution in [0.25, 0.3) is 0 Å². The Hall–Kier alpha value is -0.570. The SMILES string of the molecule is NC1CCCCCCC1C(=O)O. The van der Waals surface area contributed by atoms with Crippen molar-refractivity contribution in [2.24, 2.45) is 11.7 Å². The monoisotopic (exact) mass is 171 g/mol. The van der Waals surface area contributed by atoms with Gasteiger partial charge in [0.2, 0.25) is 0 Å². The molecule has 0 bridgehead atoms. The normalized spacial score (nSPS) is 32.1. The van der Waals surface area contributed by atoms with Gasteiger partial charge >= 0.3 is 5.97 Å². The Morgan fingerprint density at radius 2 is 1.75 bits per heavy atom. The van der Waals surface area contributed by atoms with E-state index in [9.17, 15) is 4.79 Å². The Morgan fingerprint density at radius 3 is 2.33 bits per heavy atom. The first-order valence-corrected chi connectivity index (χ1v) is 4.70. The molecule has 1 aliphatic rings. The van der Waals surface area contributed by atoms with Crippen LogP contribution >= 0.6 is 0 Å². The molecule has 2 atom stereocenters. The highest BCUT2D eigenvalue weighted by Gasteiger charge is 2.25. The molecule has 0 aromatic carbocycles. The van der Waals surface area contributed by atoms with Crippen LogP contribution in [0.4, 0.5) is 0 Å². The summed E-state index contributed by atoms with van der Waals surface area (Å²) >= 11 is 0. The van der Waals surface area contributed by atoms with E-state index in [-0.39, 0.29) is 12.0 Å². The van der Waals surface area contributed by atoms with E-state index in [0.717, 1.165) is 32.1 Å². The van der Waals surface area contributed by atoms with Crippen molar-refractivity contribution in [1.82, 2.24) is 0 Å². The Morgan fingerprint density at radius 1 is 1.17 bits per heavy atom. The Bertz CT molecular complexity index is 159. The molecule has 0 heterocycles. The van der Waals surface area contributed by atoms with Crippen molar-refractivity contribution >= 4 is 5.97 Å². The zero-order valence-electron chi connectivity index (χ0n) is 7.33. The van der Waals surface area contributed by atoms with Crippen molar-refractivity contribution in [3.63, 3.8) is 0 Å². The van der Waals surface area contributed by atoms with Gasteiger partial charge in [0.15, 0.2) is 0 Å². The van der Waals surface area contributed by atoms with Gasteiger partial charge in [-0.25, -0.2) is 0 Å². The molecular weight excluding hydrogens is 154 g/mol. The number of rotatable bonds is 1. The fourth-order valence-corrected chi connectivity index (χ4v) is 1.82. The van der Waals surface area contributed by atoms with E-state index in [1.165, 1.54) is 6.42 Å². The molecule has 70 valence electrons. The molecule has 0 aromatic heterocycles. The summed E-state index contributed by atoms with van der Waals surface area (Å²) in [7, 11) is 0. The van der Waals surface area contributed by atoms with Crippen LogP contribution in [0.3, 0.4) is 0 Å². The van der Waals surface area contributed by atoms with Crippen molar-refractivity contribution < 1.29 is 9.90 Å². The van der Waals surface area contributed by atoms with Gasteiger partial charge in [-0.05, 0) is 12.8 Å². The summed E-state index contributed by atoms with van der Waals surface area (Å²) in [5.41, 5.74) is 5.77. The van der Waals surface area contributed by atoms with Gasteiger partial charge in [0.1, 0.15) is 0 Å². The van der Waals surface area contributed by atoms with Crippen molar-refractivity contribution in [3.8, 4) is 0 Å². The minimum absolute atomic E-state index is 0.122.